The number of nitrogens with zero attached hydrogens (tertiary/aromatic N) is 1. The minimum absolute atomic E-state index is 0.101. The molecular formula is C13H23NO2. The maximum absolute atomic E-state index is 12.1. The molecule has 1 amide bonds. The highest BCUT2D eigenvalue weighted by molar-refractivity contribution is 5.80. The average molecular weight is 225 g/mol. The fourth-order valence-corrected chi connectivity index (χ4v) is 2.69. The van der Waals surface area contributed by atoms with E-state index in [1.165, 1.54) is 0 Å². The van der Waals surface area contributed by atoms with Gasteiger partial charge in [0.15, 0.2) is 0 Å². The van der Waals surface area contributed by atoms with Gasteiger partial charge in [0, 0.05) is 19.0 Å². The van der Waals surface area contributed by atoms with Gasteiger partial charge >= 0.3 is 0 Å². The molecule has 1 heterocycles. The van der Waals surface area contributed by atoms with Gasteiger partial charge < -0.3 is 10.0 Å². The van der Waals surface area contributed by atoms with Gasteiger partial charge in [-0.15, -0.1) is 0 Å². The largest absolute Gasteiger partial charge is 0.393 e. The van der Waals surface area contributed by atoms with Crippen LogP contribution in [0.5, 0.6) is 0 Å². The highest BCUT2D eigenvalue weighted by Gasteiger charge is 2.42. The van der Waals surface area contributed by atoms with Crippen LogP contribution in [0.1, 0.15) is 40.0 Å². The number of carbonyl (C=O) groups is 1. The summed E-state index contributed by atoms with van der Waals surface area (Å²) in [5.74, 6) is 0.997. The van der Waals surface area contributed by atoms with E-state index in [9.17, 15) is 9.90 Å². The Balaban J connectivity index is 1.91. The van der Waals surface area contributed by atoms with Crippen molar-refractivity contribution < 1.29 is 9.90 Å². The Morgan fingerprint density at radius 2 is 2.06 bits per heavy atom. The van der Waals surface area contributed by atoms with Crippen molar-refractivity contribution in [3.63, 3.8) is 0 Å². The number of amides is 1. The van der Waals surface area contributed by atoms with Crippen molar-refractivity contribution in [2.24, 2.45) is 17.3 Å². The Bertz CT molecular complexity index is 284. The first kappa shape index (κ1) is 11.9. The van der Waals surface area contributed by atoms with Crippen molar-refractivity contribution in [2.45, 2.75) is 46.1 Å². The lowest BCUT2D eigenvalue weighted by Crippen LogP contribution is -2.43. The molecule has 1 saturated heterocycles. The summed E-state index contributed by atoms with van der Waals surface area (Å²) in [6.45, 7) is 8.55. The zero-order valence-electron chi connectivity index (χ0n) is 10.6. The molecule has 0 spiro atoms. The lowest BCUT2D eigenvalue weighted by molar-refractivity contribution is -0.141. The zero-order valence-corrected chi connectivity index (χ0v) is 10.6. The summed E-state index contributed by atoms with van der Waals surface area (Å²) < 4.78 is 0. The summed E-state index contributed by atoms with van der Waals surface area (Å²) in [5, 5.41) is 9.23. The first-order valence-electron chi connectivity index (χ1n) is 6.39. The molecule has 2 aliphatic rings. The third kappa shape index (κ3) is 1.97. The second-order valence-electron chi connectivity index (χ2n) is 6.14. The van der Waals surface area contributed by atoms with E-state index in [-0.39, 0.29) is 23.3 Å². The second kappa shape index (κ2) is 4.02. The van der Waals surface area contributed by atoms with Crippen LogP contribution < -0.4 is 0 Å². The Morgan fingerprint density at radius 3 is 2.50 bits per heavy atom. The summed E-state index contributed by atoms with van der Waals surface area (Å²) in [4.78, 5) is 14.1. The van der Waals surface area contributed by atoms with Gasteiger partial charge in [-0.1, -0.05) is 20.8 Å². The van der Waals surface area contributed by atoms with Gasteiger partial charge in [-0.3, -0.25) is 4.79 Å². The summed E-state index contributed by atoms with van der Waals surface area (Å²) in [6, 6.07) is 0. The van der Waals surface area contributed by atoms with Crippen LogP contribution in [0.2, 0.25) is 0 Å². The van der Waals surface area contributed by atoms with Crippen LogP contribution in [0.3, 0.4) is 0 Å². The van der Waals surface area contributed by atoms with E-state index in [0.29, 0.717) is 18.8 Å². The lowest BCUT2D eigenvalue weighted by Gasteiger charge is -2.34. The monoisotopic (exact) mass is 225 g/mol. The molecule has 2 rings (SSSR count). The van der Waals surface area contributed by atoms with Crippen LogP contribution in [0.15, 0.2) is 0 Å². The van der Waals surface area contributed by atoms with Gasteiger partial charge in [0.05, 0.1) is 6.10 Å². The normalized spacial score (nSPS) is 38.9. The van der Waals surface area contributed by atoms with Crippen LogP contribution in [-0.2, 0) is 4.79 Å². The van der Waals surface area contributed by atoms with Crippen molar-refractivity contribution in [3.8, 4) is 0 Å². The van der Waals surface area contributed by atoms with E-state index in [2.05, 4.69) is 20.8 Å². The molecule has 1 saturated carbocycles. The molecule has 0 aromatic rings. The zero-order chi connectivity index (χ0) is 11.9. The predicted octanol–water partition coefficient (Wildman–Crippen LogP) is 1.65. The first-order chi connectivity index (χ1) is 7.42. The summed E-state index contributed by atoms with van der Waals surface area (Å²) in [7, 11) is 0. The molecule has 1 atom stereocenters. The Hall–Kier alpha value is -0.570. The van der Waals surface area contributed by atoms with E-state index in [1.807, 2.05) is 4.90 Å². The third-order valence-corrected chi connectivity index (χ3v) is 4.67. The van der Waals surface area contributed by atoms with E-state index in [1.54, 1.807) is 0 Å². The third-order valence-electron chi connectivity index (χ3n) is 4.67. The maximum atomic E-state index is 12.1. The van der Waals surface area contributed by atoms with E-state index in [4.69, 9.17) is 0 Å². The second-order valence-corrected chi connectivity index (χ2v) is 6.14. The number of hydrogen-bond donors (Lipinski definition) is 1. The van der Waals surface area contributed by atoms with E-state index < -0.39 is 0 Å². The molecule has 0 aromatic heterocycles. The predicted molar refractivity (Wildman–Crippen MR) is 62.9 cm³/mol. The molecule has 1 aliphatic heterocycles. The molecule has 2 fully saturated rings. The highest BCUT2D eigenvalue weighted by atomic mass is 16.3. The van der Waals surface area contributed by atoms with Gasteiger partial charge in [-0.2, -0.15) is 0 Å². The van der Waals surface area contributed by atoms with Crippen LogP contribution >= 0.6 is 0 Å². The van der Waals surface area contributed by atoms with Crippen molar-refractivity contribution in [1.82, 2.24) is 4.90 Å². The quantitative estimate of drug-likeness (QED) is 0.776. The molecule has 0 radical (unpaired) electrons. The summed E-state index contributed by atoms with van der Waals surface area (Å²) >= 11 is 0. The van der Waals surface area contributed by atoms with Crippen LogP contribution in [0.25, 0.3) is 0 Å². The van der Waals surface area contributed by atoms with Crippen LogP contribution in [-0.4, -0.2) is 35.1 Å². The molecule has 0 bridgehead atoms. The number of aliphatic hydroxyl groups is 1. The average Bonchev–Trinajstić information content (AvgIpc) is 2.57. The van der Waals surface area contributed by atoms with Gasteiger partial charge in [0.25, 0.3) is 0 Å². The Labute approximate surface area is 97.8 Å². The first-order valence-corrected chi connectivity index (χ1v) is 6.39. The lowest BCUT2D eigenvalue weighted by atomic mass is 9.78. The van der Waals surface area contributed by atoms with E-state index in [0.717, 1.165) is 19.5 Å². The molecule has 16 heavy (non-hydrogen) atoms. The minimum atomic E-state index is -0.229. The number of likely N-dealkylation sites (tertiary alicyclic amines) is 1. The SMILES string of the molecule is CC(C)[C@@]1(C)CCN(C(=O)C2CC(O)C2)C1. The number of carbonyl (C=O) groups excluding carboxylic acids is 1. The summed E-state index contributed by atoms with van der Waals surface area (Å²) in [5.41, 5.74) is 0.290. The molecule has 92 valence electrons. The number of hydrogen-bond acceptors (Lipinski definition) is 2. The molecule has 1 N–H and O–H groups in total. The van der Waals surface area contributed by atoms with Gasteiger partial charge in [0.1, 0.15) is 0 Å². The molecule has 3 nitrogen and oxygen atoms in total. The topological polar surface area (TPSA) is 40.5 Å². The maximum Gasteiger partial charge on any atom is 0.225 e. The summed E-state index contributed by atoms with van der Waals surface area (Å²) in [6.07, 6.45) is 2.24. The molecule has 0 unspecified atom stereocenters. The van der Waals surface area contributed by atoms with Crippen molar-refractivity contribution >= 4 is 5.91 Å². The van der Waals surface area contributed by atoms with Crippen molar-refractivity contribution in [3.05, 3.63) is 0 Å². The Kier molecular flexibility index (Phi) is 2.99. The Morgan fingerprint density at radius 1 is 1.44 bits per heavy atom. The van der Waals surface area contributed by atoms with Crippen molar-refractivity contribution in [1.29, 1.82) is 0 Å². The fourth-order valence-electron chi connectivity index (χ4n) is 2.69. The smallest absolute Gasteiger partial charge is 0.225 e. The number of rotatable bonds is 2. The van der Waals surface area contributed by atoms with Crippen LogP contribution in [0, 0.1) is 17.3 Å². The molecular weight excluding hydrogens is 202 g/mol. The molecule has 0 aromatic carbocycles. The van der Waals surface area contributed by atoms with Crippen molar-refractivity contribution in [2.75, 3.05) is 13.1 Å². The molecule has 1 aliphatic carbocycles. The highest BCUT2D eigenvalue weighted by Crippen LogP contribution is 2.39. The van der Waals surface area contributed by atoms with Crippen LogP contribution in [0.4, 0.5) is 0 Å². The molecule has 3 heteroatoms. The number of aliphatic hydroxyl groups excluding tert-OH is 1. The van der Waals surface area contributed by atoms with Gasteiger partial charge in [-0.05, 0) is 30.6 Å². The standard InChI is InChI=1S/C13H23NO2/c1-9(2)13(3)4-5-14(8-13)12(16)10-6-11(15)7-10/h9-11,15H,4-8H2,1-3H3/t10?,11?,13-/m0/s1. The fraction of sp³-hybridized carbons (Fsp3) is 0.923. The van der Waals surface area contributed by atoms with Gasteiger partial charge in [0.2, 0.25) is 5.91 Å². The minimum Gasteiger partial charge on any atom is -0.393 e. The van der Waals surface area contributed by atoms with Gasteiger partial charge in [-0.25, -0.2) is 0 Å². The van der Waals surface area contributed by atoms with E-state index >= 15 is 0 Å².